The summed E-state index contributed by atoms with van der Waals surface area (Å²) in [5.41, 5.74) is 5.35. The van der Waals surface area contributed by atoms with Gasteiger partial charge in [0.1, 0.15) is 5.82 Å². The van der Waals surface area contributed by atoms with Gasteiger partial charge in [-0.25, -0.2) is 9.97 Å². The van der Waals surface area contributed by atoms with Crippen molar-refractivity contribution in [1.29, 1.82) is 0 Å². The summed E-state index contributed by atoms with van der Waals surface area (Å²) in [4.78, 5) is 9.16. The number of aromatic amines is 1. The summed E-state index contributed by atoms with van der Waals surface area (Å²) in [6, 6.07) is 10.4. The second-order valence-electron chi connectivity index (χ2n) is 4.96. The van der Waals surface area contributed by atoms with E-state index in [1.165, 1.54) is 11.1 Å². The van der Waals surface area contributed by atoms with Crippen LogP contribution in [0.2, 0.25) is 0 Å². The molecule has 0 saturated carbocycles. The third kappa shape index (κ3) is 2.74. The Balaban J connectivity index is 1.94. The summed E-state index contributed by atoms with van der Waals surface area (Å²) in [5, 5.41) is 6.78. The summed E-state index contributed by atoms with van der Waals surface area (Å²) in [6.07, 6.45) is 4.37. The lowest BCUT2D eigenvalue weighted by Crippen LogP contribution is -2.00. The molecule has 0 aliphatic heterocycles. The van der Waals surface area contributed by atoms with Gasteiger partial charge in [-0.3, -0.25) is 5.10 Å². The van der Waals surface area contributed by atoms with Crippen LogP contribution in [0.3, 0.4) is 0 Å². The Bertz CT molecular complexity index is 717. The minimum Gasteiger partial charge on any atom is -0.285 e. The van der Waals surface area contributed by atoms with Gasteiger partial charge in [0, 0.05) is 23.9 Å². The third-order valence-corrected chi connectivity index (χ3v) is 3.14. The van der Waals surface area contributed by atoms with E-state index >= 15 is 0 Å². The first-order valence-electron chi connectivity index (χ1n) is 6.60. The lowest BCUT2D eigenvalue weighted by molar-refractivity contribution is 0.945. The highest BCUT2D eigenvalue weighted by atomic mass is 15.1. The second-order valence-corrected chi connectivity index (χ2v) is 4.96. The van der Waals surface area contributed by atoms with E-state index in [1.54, 1.807) is 6.20 Å². The van der Waals surface area contributed by atoms with Gasteiger partial charge in [0.15, 0.2) is 0 Å². The molecule has 0 unspecified atom stereocenters. The Labute approximate surface area is 117 Å². The van der Waals surface area contributed by atoms with E-state index in [2.05, 4.69) is 51.4 Å². The Morgan fingerprint density at radius 3 is 2.75 bits per heavy atom. The van der Waals surface area contributed by atoms with E-state index in [0.29, 0.717) is 0 Å². The fourth-order valence-electron chi connectivity index (χ4n) is 2.25. The van der Waals surface area contributed by atoms with Crippen LogP contribution in [0, 0.1) is 13.8 Å². The molecule has 4 heteroatoms. The minimum absolute atomic E-state index is 0.744. The topological polar surface area (TPSA) is 54.5 Å². The van der Waals surface area contributed by atoms with Crippen LogP contribution in [0.25, 0.3) is 11.3 Å². The third-order valence-electron chi connectivity index (χ3n) is 3.14. The van der Waals surface area contributed by atoms with Gasteiger partial charge >= 0.3 is 0 Å². The van der Waals surface area contributed by atoms with Crippen LogP contribution in [-0.4, -0.2) is 20.2 Å². The summed E-state index contributed by atoms with van der Waals surface area (Å²) in [6.45, 7) is 4.09. The highest BCUT2D eigenvalue weighted by molar-refractivity contribution is 5.57. The Hall–Kier alpha value is -2.49. The van der Waals surface area contributed by atoms with Crippen molar-refractivity contribution in [1.82, 2.24) is 20.2 Å². The Kier molecular flexibility index (Phi) is 3.29. The molecule has 1 N–H and O–H groups in total. The van der Waals surface area contributed by atoms with Crippen molar-refractivity contribution in [3.05, 3.63) is 65.4 Å². The monoisotopic (exact) mass is 264 g/mol. The minimum atomic E-state index is 0.744. The average molecular weight is 264 g/mol. The Morgan fingerprint density at radius 2 is 2.00 bits per heavy atom. The molecule has 0 amide bonds. The Morgan fingerprint density at radius 1 is 1.10 bits per heavy atom. The highest BCUT2D eigenvalue weighted by Gasteiger charge is 2.06. The summed E-state index contributed by atoms with van der Waals surface area (Å²) < 4.78 is 0. The molecular weight excluding hydrogens is 248 g/mol. The largest absolute Gasteiger partial charge is 0.285 e. The molecule has 20 heavy (non-hydrogen) atoms. The molecule has 0 atom stereocenters. The quantitative estimate of drug-likeness (QED) is 0.791. The smallest absolute Gasteiger partial charge is 0.133 e. The van der Waals surface area contributed by atoms with Crippen molar-refractivity contribution in [3.8, 4) is 11.3 Å². The van der Waals surface area contributed by atoms with Crippen LogP contribution in [-0.2, 0) is 6.42 Å². The number of aromatic nitrogens is 4. The molecule has 0 spiro atoms. The van der Waals surface area contributed by atoms with Crippen molar-refractivity contribution >= 4 is 0 Å². The van der Waals surface area contributed by atoms with Crippen LogP contribution < -0.4 is 0 Å². The second kappa shape index (κ2) is 5.25. The molecule has 0 bridgehead atoms. The van der Waals surface area contributed by atoms with Gasteiger partial charge in [0.2, 0.25) is 0 Å². The van der Waals surface area contributed by atoms with Gasteiger partial charge in [0.05, 0.1) is 11.9 Å². The number of H-pyrrole nitrogens is 1. The normalized spacial score (nSPS) is 10.7. The molecule has 0 aliphatic rings. The van der Waals surface area contributed by atoms with Crippen LogP contribution >= 0.6 is 0 Å². The van der Waals surface area contributed by atoms with Crippen molar-refractivity contribution in [2.24, 2.45) is 0 Å². The van der Waals surface area contributed by atoms with Crippen LogP contribution in [0.4, 0.5) is 0 Å². The van der Waals surface area contributed by atoms with Crippen LogP contribution in [0.15, 0.2) is 42.7 Å². The molecular formula is C16H16N4. The molecule has 0 aliphatic carbocycles. The zero-order valence-electron chi connectivity index (χ0n) is 11.6. The van der Waals surface area contributed by atoms with Crippen molar-refractivity contribution < 1.29 is 0 Å². The number of hydrogen-bond acceptors (Lipinski definition) is 3. The zero-order valence-corrected chi connectivity index (χ0v) is 11.6. The van der Waals surface area contributed by atoms with Gasteiger partial charge in [-0.15, -0.1) is 0 Å². The fraction of sp³-hybridized carbons (Fsp3) is 0.188. The number of hydrogen-bond donors (Lipinski definition) is 1. The molecule has 3 rings (SSSR count). The zero-order chi connectivity index (χ0) is 13.9. The van der Waals surface area contributed by atoms with E-state index in [9.17, 15) is 0 Å². The highest BCUT2D eigenvalue weighted by Crippen LogP contribution is 2.17. The summed E-state index contributed by atoms with van der Waals surface area (Å²) in [7, 11) is 0. The molecule has 1 aromatic carbocycles. The van der Waals surface area contributed by atoms with Crippen molar-refractivity contribution in [2.45, 2.75) is 20.3 Å². The standard InChI is InChI=1S/C16H16N4/c1-11-4-3-5-13(6-11)8-16-19-12(2)7-15(20-16)14-9-17-18-10-14/h3-7,9-10H,8H2,1-2H3,(H,17,18). The van der Waals surface area contributed by atoms with E-state index in [1.807, 2.05) is 19.2 Å². The maximum atomic E-state index is 4.63. The van der Waals surface area contributed by atoms with Gasteiger partial charge in [-0.1, -0.05) is 29.8 Å². The lowest BCUT2D eigenvalue weighted by atomic mass is 10.1. The van der Waals surface area contributed by atoms with Crippen molar-refractivity contribution in [2.75, 3.05) is 0 Å². The maximum absolute atomic E-state index is 4.63. The van der Waals surface area contributed by atoms with Crippen LogP contribution in [0.5, 0.6) is 0 Å². The molecule has 100 valence electrons. The van der Waals surface area contributed by atoms with Gasteiger partial charge < -0.3 is 0 Å². The first kappa shape index (κ1) is 12.5. The average Bonchev–Trinajstić information content (AvgIpc) is 2.91. The fourth-order valence-corrected chi connectivity index (χ4v) is 2.25. The van der Waals surface area contributed by atoms with Gasteiger partial charge in [-0.05, 0) is 25.5 Å². The predicted molar refractivity (Wildman–Crippen MR) is 78.3 cm³/mol. The molecule has 2 heterocycles. The summed E-state index contributed by atoms with van der Waals surface area (Å²) in [5.74, 6) is 0.840. The van der Waals surface area contributed by atoms with E-state index < -0.39 is 0 Å². The first-order chi connectivity index (χ1) is 9.70. The van der Waals surface area contributed by atoms with E-state index in [4.69, 9.17) is 0 Å². The molecule has 0 fully saturated rings. The number of rotatable bonds is 3. The van der Waals surface area contributed by atoms with Crippen molar-refractivity contribution in [3.63, 3.8) is 0 Å². The molecule has 3 aromatic rings. The lowest BCUT2D eigenvalue weighted by Gasteiger charge is -2.05. The van der Waals surface area contributed by atoms with E-state index in [-0.39, 0.29) is 0 Å². The van der Waals surface area contributed by atoms with Gasteiger partial charge in [0.25, 0.3) is 0 Å². The first-order valence-corrected chi connectivity index (χ1v) is 6.60. The number of benzene rings is 1. The van der Waals surface area contributed by atoms with E-state index in [0.717, 1.165) is 29.2 Å². The molecule has 0 saturated heterocycles. The maximum Gasteiger partial charge on any atom is 0.133 e. The number of nitrogens with one attached hydrogen (secondary N) is 1. The number of nitrogens with zero attached hydrogens (tertiary/aromatic N) is 3. The van der Waals surface area contributed by atoms with Crippen LogP contribution in [0.1, 0.15) is 22.6 Å². The molecule has 2 aromatic heterocycles. The SMILES string of the molecule is Cc1cccc(Cc2nc(C)cc(-c3cn[nH]c3)n2)c1. The number of aryl methyl sites for hydroxylation is 2. The molecule has 4 nitrogen and oxygen atoms in total. The van der Waals surface area contributed by atoms with Gasteiger partial charge in [-0.2, -0.15) is 5.10 Å². The summed E-state index contributed by atoms with van der Waals surface area (Å²) >= 11 is 0. The predicted octanol–water partition coefficient (Wildman–Crippen LogP) is 3.07. The molecule has 0 radical (unpaired) electrons.